The van der Waals surface area contributed by atoms with Crippen LogP contribution in [0, 0.1) is 0 Å². The molecular weight excluding hydrogens is 238 g/mol. The molecule has 0 aliphatic heterocycles. The number of rotatable bonds is 4. The average Bonchev–Trinajstić information content (AvgIpc) is 2.89. The second-order valence-corrected chi connectivity index (χ2v) is 5.12. The first-order chi connectivity index (χ1) is 9.35. The van der Waals surface area contributed by atoms with Crippen molar-refractivity contribution in [2.24, 2.45) is 0 Å². The van der Waals surface area contributed by atoms with Crippen molar-refractivity contribution >= 4 is 5.95 Å². The average molecular weight is 257 g/mol. The van der Waals surface area contributed by atoms with Crippen LogP contribution in [-0.4, -0.2) is 26.2 Å². The van der Waals surface area contributed by atoms with Crippen LogP contribution in [0.2, 0.25) is 0 Å². The first-order valence-electron chi connectivity index (χ1n) is 6.93. The minimum Gasteiger partial charge on any atom is -0.351 e. The molecule has 2 aromatic rings. The van der Waals surface area contributed by atoms with Gasteiger partial charge in [0.05, 0.1) is 6.20 Å². The molecule has 100 valence electrons. The summed E-state index contributed by atoms with van der Waals surface area (Å²) in [4.78, 5) is 8.77. The maximum absolute atomic E-state index is 4.39. The lowest BCUT2D eigenvalue weighted by Crippen LogP contribution is -2.28. The summed E-state index contributed by atoms with van der Waals surface area (Å²) in [5.41, 5.74) is 3.79. The van der Waals surface area contributed by atoms with Gasteiger partial charge in [-0.15, -0.1) is 0 Å². The van der Waals surface area contributed by atoms with Gasteiger partial charge in [-0.05, 0) is 30.4 Å². The summed E-state index contributed by atoms with van der Waals surface area (Å²) in [6.45, 7) is 2.16. The first kappa shape index (κ1) is 12.1. The van der Waals surface area contributed by atoms with Crippen molar-refractivity contribution in [3.8, 4) is 0 Å². The van der Waals surface area contributed by atoms with Gasteiger partial charge in [-0.25, -0.2) is 9.97 Å². The van der Waals surface area contributed by atoms with E-state index >= 15 is 0 Å². The molecule has 5 heteroatoms. The van der Waals surface area contributed by atoms with E-state index < -0.39 is 0 Å². The van der Waals surface area contributed by atoms with Crippen LogP contribution in [0.3, 0.4) is 0 Å². The summed E-state index contributed by atoms with van der Waals surface area (Å²) in [5.74, 6) is 0.729. The second-order valence-electron chi connectivity index (χ2n) is 5.12. The highest BCUT2D eigenvalue weighted by atomic mass is 15.1. The van der Waals surface area contributed by atoms with E-state index in [0.29, 0.717) is 6.04 Å². The number of aromatic amines is 1. The van der Waals surface area contributed by atoms with Gasteiger partial charge in [0, 0.05) is 30.6 Å². The van der Waals surface area contributed by atoms with Crippen molar-refractivity contribution in [3.05, 3.63) is 35.4 Å². The van der Waals surface area contributed by atoms with Gasteiger partial charge in [0.25, 0.3) is 0 Å². The Labute approximate surface area is 112 Å². The third-order valence-corrected chi connectivity index (χ3v) is 3.60. The van der Waals surface area contributed by atoms with Crippen LogP contribution < -0.4 is 5.32 Å². The Hall–Kier alpha value is -1.91. The zero-order chi connectivity index (χ0) is 13.1. The molecule has 2 aromatic heterocycles. The molecule has 0 bridgehead atoms. The Balaban J connectivity index is 1.63. The van der Waals surface area contributed by atoms with Gasteiger partial charge in [0.2, 0.25) is 5.95 Å². The third kappa shape index (κ3) is 2.75. The van der Waals surface area contributed by atoms with Crippen LogP contribution >= 0.6 is 0 Å². The van der Waals surface area contributed by atoms with E-state index in [-0.39, 0.29) is 0 Å². The van der Waals surface area contributed by atoms with E-state index in [9.17, 15) is 0 Å². The largest absolute Gasteiger partial charge is 0.351 e. The molecule has 3 rings (SSSR count). The van der Waals surface area contributed by atoms with Crippen molar-refractivity contribution in [2.75, 3.05) is 5.32 Å². The van der Waals surface area contributed by atoms with Crippen LogP contribution in [0.5, 0.6) is 0 Å². The monoisotopic (exact) mass is 257 g/mol. The summed E-state index contributed by atoms with van der Waals surface area (Å²) >= 11 is 0. The third-order valence-electron chi connectivity index (χ3n) is 3.60. The molecule has 1 unspecified atom stereocenters. The molecule has 0 fully saturated rings. The van der Waals surface area contributed by atoms with E-state index in [0.717, 1.165) is 38.1 Å². The Bertz CT molecular complexity index is 531. The molecule has 0 saturated heterocycles. The van der Waals surface area contributed by atoms with Crippen LogP contribution in [-0.2, 0) is 19.3 Å². The maximum atomic E-state index is 4.39. The van der Waals surface area contributed by atoms with E-state index in [1.807, 2.05) is 18.6 Å². The van der Waals surface area contributed by atoms with Gasteiger partial charge in [-0.3, -0.25) is 5.10 Å². The normalized spacial score (nSPS) is 18.1. The molecule has 19 heavy (non-hydrogen) atoms. The quantitative estimate of drug-likeness (QED) is 0.880. The van der Waals surface area contributed by atoms with E-state index in [1.165, 1.54) is 16.8 Å². The molecule has 0 radical (unpaired) electrons. The fourth-order valence-electron chi connectivity index (χ4n) is 2.56. The minimum atomic E-state index is 0.393. The van der Waals surface area contributed by atoms with Gasteiger partial charge < -0.3 is 5.32 Å². The number of aryl methyl sites for hydroxylation is 2. The predicted molar refractivity (Wildman–Crippen MR) is 74.1 cm³/mol. The smallest absolute Gasteiger partial charge is 0.222 e. The second kappa shape index (κ2) is 5.38. The molecule has 2 N–H and O–H groups in total. The maximum Gasteiger partial charge on any atom is 0.222 e. The molecule has 1 aliphatic rings. The van der Waals surface area contributed by atoms with Gasteiger partial charge in [-0.2, -0.15) is 5.10 Å². The SMILES string of the molecule is CCCc1cnc(NC2CCc3cn[nH]c3C2)nc1. The lowest BCUT2D eigenvalue weighted by molar-refractivity contribution is 0.598. The minimum absolute atomic E-state index is 0.393. The van der Waals surface area contributed by atoms with E-state index in [1.54, 1.807) is 0 Å². The van der Waals surface area contributed by atoms with Gasteiger partial charge in [0.1, 0.15) is 0 Å². The molecule has 1 aliphatic carbocycles. The first-order valence-corrected chi connectivity index (χ1v) is 6.93. The number of fused-ring (bicyclic) bond motifs is 1. The summed E-state index contributed by atoms with van der Waals surface area (Å²) in [7, 11) is 0. The molecule has 0 saturated carbocycles. The zero-order valence-electron chi connectivity index (χ0n) is 11.2. The highest BCUT2D eigenvalue weighted by Gasteiger charge is 2.20. The van der Waals surface area contributed by atoms with Crippen molar-refractivity contribution in [2.45, 2.75) is 45.1 Å². The van der Waals surface area contributed by atoms with Crippen LogP contribution in [0.25, 0.3) is 0 Å². The molecule has 2 heterocycles. The van der Waals surface area contributed by atoms with E-state index in [4.69, 9.17) is 0 Å². The highest BCUT2D eigenvalue weighted by Crippen LogP contribution is 2.20. The lowest BCUT2D eigenvalue weighted by atomic mass is 9.94. The Morgan fingerprint density at radius 2 is 2.16 bits per heavy atom. The Morgan fingerprint density at radius 3 is 2.95 bits per heavy atom. The predicted octanol–water partition coefficient (Wildman–Crippen LogP) is 2.12. The highest BCUT2D eigenvalue weighted by molar-refractivity contribution is 5.30. The zero-order valence-corrected chi connectivity index (χ0v) is 11.2. The molecule has 0 amide bonds. The summed E-state index contributed by atoms with van der Waals surface area (Å²) in [6, 6.07) is 0.393. The Morgan fingerprint density at radius 1 is 1.32 bits per heavy atom. The van der Waals surface area contributed by atoms with E-state index in [2.05, 4.69) is 32.4 Å². The fourth-order valence-corrected chi connectivity index (χ4v) is 2.56. The Kier molecular flexibility index (Phi) is 3.44. The summed E-state index contributed by atoms with van der Waals surface area (Å²) < 4.78 is 0. The number of nitrogens with one attached hydrogen (secondary N) is 2. The van der Waals surface area contributed by atoms with Crippen molar-refractivity contribution < 1.29 is 0 Å². The summed E-state index contributed by atoms with van der Waals surface area (Å²) in [5, 5.41) is 10.6. The molecule has 1 atom stereocenters. The standard InChI is InChI=1S/C14H19N5/c1-2-3-10-7-15-14(16-8-10)18-12-5-4-11-9-17-19-13(11)6-12/h7-9,12H,2-6H2,1H3,(H,17,19)(H,15,16,18). The van der Waals surface area contributed by atoms with Gasteiger partial charge in [-0.1, -0.05) is 13.3 Å². The number of hydrogen-bond donors (Lipinski definition) is 2. The van der Waals surface area contributed by atoms with Crippen LogP contribution in [0.4, 0.5) is 5.95 Å². The molecular formula is C14H19N5. The van der Waals surface area contributed by atoms with Gasteiger partial charge in [0.15, 0.2) is 0 Å². The molecule has 5 nitrogen and oxygen atoms in total. The number of H-pyrrole nitrogens is 1. The number of anilines is 1. The van der Waals surface area contributed by atoms with Crippen molar-refractivity contribution in [1.82, 2.24) is 20.2 Å². The van der Waals surface area contributed by atoms with Crippen LogP contribution in [0.1, 0.15) is 36.6 Å². The fraction of sp³-hybridized carbons (Fsp3) is 0.500. The number of aromatic nitrogens is 4. The summed E-state index contributed by atoms with van der Waals surface area (Å²) in [6.07, 6.45) is 11.1. The topological polar surface area (TPSA) is 66.5 Å². The van der Waals surface area contributed by atoms with Crippen molar-refractivity contribution in [3.63, 3.8) is 0 Å². The molecule has 0 spiro atoms. The van der Waals surface area contributed by atoms with Gasteiger partial charge >= 0.3 is 0 Å². The van der Waals surface area contributed by atoms with Crippen molar-refractivity contribution in [1.29, 1.82) is 0 Å². The van der Waals surface area contributed by atoms with Crippen LogP contribution in [0.15, 0.2) is 18.6 Å². The number of nitrogens with zero attached hydrogens (tertiary/aromatic N) is 3. The number of hydrogen-bond acceptors (Lipinski definition) is 4. The lowest BCUT2D eigenvalue weighted by Gasteiger charge is -2.22. The molecule has 0 aromatic carbocycles.